The van der Waals surface area contributed by atoms with Crippen LogP contribution in [0.3, 0.4) is 0 Å². The van der Waals surface area contributed by atoms with Gasteiger partial charge in [0, 0.05) is 13.0 Å². The first-order chi connectivity index (χ1) is 14.4. The first kappa shape index (κ1) is 21.2. The number of fused-ring (bicyclic) bond motifs is 1. The van der Waals surface area contributed by atoms with Gasteiger partial charge in [-0.05, 0) is 31.0 Å². The molecule has 4 amide bonds. The van der Waals surface area contributed by atoms with Crippen molar-refractivity contribution in [2.45, 2.75) is 38.8 Å². The summed E-state index contributed by atoms with van der Waals surface area (Å²) in [4.78, 5) is 52.2. The molecule has 7 nitrogen and oxygen atoms in total. The Balaban J connectivity index is 1.86. The maximum Gasteiger partial charge on any atom is 0.262 e. The summed E-state index contributed by atoms with van der Waals surface area (Å²) >= 11 is 0. The minimum atomic E-state index is -1.07. The molecule has 2 N–H and O–H groups in total. The summed E-state index contributed by atoms with van der Waals surface area (Å²) < 4.78 is 0. The molecule has 0 fully saturated rings. The zero-order valence-corrected chi connectivity index (χ0v) is 17.1. The SMILES string of the molecule is CCCNC(=O)[C@H](C)NC(=O)[C@H](Cc1ccccc1)N1C(=O)c2ccccc2C1=O. The molecule has 0 saturated heterocycles. The number of hydrogen-bond acceptors (Lipinski definition) is 4. The zero-order chi connectivity index (χ0) is 21.7. The fraction of sp³-hybridized carbons (Fsp3) is 0.304. The van der Waals surface area contributed by atoms with E-state index in [1.165, 1.54) is 0 Å². The minimum absolute atomic E-state index is 0.154. The van der Waals surface area contributed by atoms with E-state index in [0.717, 1.165) is 16.9 Å². The average molecular weight is 407 g/mol. The number of nitrogens with zero attached hydrogens (tertiary/aromatic N) is 1. The summed E-state index contributed by atoms with van der Waals surface area (Å²) in [5, 5.41) is 5.38. The lowest BCUT2D eigenvalue weighted by atomic mass is 10.0. The van der Waals surface area contributed by atoms with Crippen LogP contribution in [0.25, 0.3) is 0 Å². The zero-order valence-electron chi connectivity index (χ0n) is 17.1. The van der Waals surface area contributed by atoms with Gasteiger partial charge in [0.25, 0.3) is 11.8 Å². The summed E-state index contributed by atoms with van der Waals surface area (Å²) in [5.41, 5.74) is 1.36. The van der Waals surface area contributed by atoms with Gasteiger partial charge in [-0.1, -0.05) is 49.4 Å². The van der Waals surface area contributed by atoms with Crippen LogP contribution in [0, 0.1) is 0 Å². The highest BCUT2D eigenvalue weighted by atomic mass is 16.2. The second-order valence-electron chi connectivity index (χ2n) is 7.25. The molecule has 2 aromatic carbocycles. The van der Waals surface area contributed by atoms with Crippen LogP contribution >= 0.6 is 0 Å². The monoisotopic (exact) mass is 407 g/mol. The Labute approximate surface area is 175 Å². The molecule has 30 heavy (non-hydrogen) atoms. The number of nitrogens with one attached hydrogen (secondary N) is 2. The van der Waals surface area contributed by atoms with Gasteiger partial charge >= 0.3 is 0 Å². The van der Waals surface area contributed by atoms with Gasteiger partial charge in [-0.3, -0.25) is 24.1 Å². The first-order valence-electron chi connectivity index (χ1n) is 10.0. The number of amides is 4. The van der Waals surface area contributed by atoms with Crippen LogP contribution < -0.4 is 10.6 Å². The molecule has 0 radical (unpaired) electrons. The number of carbonyl (C=O) groups excluding carboxylic acids is 4. The summed E-state index contributed by atoms with van der Waals surface area (Å²) in [5.74, 6) is -1.87. The van der Waals surface area contributed by atoms with E-state index in [-0.39, 0.29) is 23.5 Å². The highest BCUT2D eigenvalue weighted by molar-refractivity contribution is 6.22. The van der Waals surface area contributed by atoms with E-state index in [4.69, 9.17) is 0 Å². The predicted octanol–water partition coefficient (Wildman–Crippen LogP) is 1.92. The molecular formula is C23H25N3O4. The number of carbonyl (C=O) groups is 4. The lowest BCUT2D eigenvalue weighted by Gasteiger charge is -2.27. The summed E-state index contributed by atoms with van der Waals surface area (Å²) in [6.45, 7) is 4.01. The van der Waals surface area contributed by atoms with Crippen molar-refractivity contribution in [2.24, 2.45) is 0 Å². The Morgan fingerprint density at radius 3 is 2.03 bits per heavy atom. The number of hydrogen-bond donors (Lipinski definition) is 2. The summed E-state index contributed by atoms with van der Waals surface area (Å²) in [7, 11) is 0. The van der Waals surface area contributed by atoms with E-state index in [0.29, 0.717) is 6.54 Å². The molecule has 2 atom stereocenters. The first-order valence-corrected chi connectivity index (χ1v) is 10.0. The topological polar surface area (TPSA) is 95.6 Å². The van der Waals surface area contributed by atoms with Crippen molar-refractivity contribution in [3.05, 3.63) is 71.3 Å². The molecule has 0 spiro atoms. The van der Waals surface area contributed by atoms with Gasteiger partial charge in [0.15, 0.2) is 0 Å². The lowest BCUT2D eigenvalue weighted by molar-refractivity contribution is -0.130. The summed E-state index contributed by atoms with van der Waals surface area (Å²) in [6, 6.07) is 13.8. The van der Waals surface area contributed by atoms with Crippen LogP contribution in [0.2, 0.25) is 0 Å². The van der Waals surface area contributed by atoms with Crippen LogP contribution in [0.4, 0.5) is 0 Å². The fourth-order valence-corrected chi connectivity index (χ4v) is 3.41. The normalized spacial score (nSPS) is 14.8. The Morgan fingerprint density at radius 2 is 1.47 bits per heavy atom. The minimum Gasteiger partial charge on any atom is -0.354 e. The molecule has 0 aliphatic carbocycles. The van der Waals surface area contributed by atoms with Crippen LogP contribution in [0.1, 0.15) is 46.5 Å². The maximum atomic E-state index is 13.1. The number of benzene rings is 2. The third-order valence-corrected chi connectivity index (χ3v) is 5.01. The average Bonchev–Trinajstić information content (AvgIpc) is 3.01. The van der Waals surface area contributed by atoms with E-state index in [1.807, 2.05) is 37.3 Å². The maximum absolute atomic E-state index is 13.1. The molecular weight excluding hydrogens is 382 g/mol. The van der Waals surface area contributed by atoms with E-state index in [9.17, 15) is 19.2 Å². The molecule has 3 rings (SSSR count). The van der Waals surface area contributed by atoms with Gasteiger partial charge in [-0.15, -0.1) is 0 Å². The van der Waals surface area contributed by atoms with Crippen molar-refractivity contribution in [1.29, 1.82) is 0 Å². The Kier molecular flexibility index (Phi) is 6.61. The molecule has 0 aromatic heterocycles. The standard InChI is InChI=1S/C23H25N3O4/c1-3-13-24-20(27)15(2)25-21(28)19(14-16-9-5-4-6-10-16)26-22(29)17-11-7-8-12-18(17)23(26)30/h4-12,15,19H,3,13-14H2,1-2H3,(H,24,27)(H,25,28)/t15-,19-/m0/s1. The molecule has 0 unspecified atom stereocenters. The van der Waals surface area contributed by atoms with Gasteiger partial charge in [-0.2, -0.15) is 0 Å². The second kappa shape index (κ2) is 9.35. The van der Waals surface area contributed by atoms with E-state index >= 15 is 0 Å². The number of rotatable bonds is 8. The van der Waals surface area contributed by atoms with Crippen molar-refractivity contribution in [3.8, 4) is 0 Å². The summed E-state index contributed by atoms with van der Waals surface area (Å²) in [6.07, 6.45) is 0.930. The molecule has 1 aliphatic rings. The molecule has 7 heteroatoms. The highest BCUT2D eigenvalue weighted by Crippen LogP contribution is 2.26. The van der Waals surface area contributed by atoms with Crippen LogP contribution in [-0.4, -0.2) is 47.2 Å². The predicted molar refractivity (Wildman–Crippen MR) is 112 cm³/mol. The largest absolute Gasteiger partial charge is 0.354 e. The van der Waals surface area contributed by atoms with Crippen molar-refractivity contribution in [2.75, 3.05) is 6.54 Å². The lowest BCUT2D eigenvalue weighted by Crippen LogP contribution is -2.55. The quantitative estimate of drug-likeness (QED) is 0.654. The number of imide groups is 1. The van der Waals surface area contributed by atoms with Crippen LogP contribution in [0.5, 0.6) is 0 Å². The Hall–Kier alpha value is -3.48. The van der Waals surface area contributed by atoms with Crippen molar-refractivity contribution in [3.63, 3.8) is 0 Å². The Bertz CT molecular complexity index is 923. The van der Waals surface area contributed by atoms with Gasteiger partial charge in [0.1, 0.15) is 12.1 Å². The van der Waals surface area contributed by atoms with Crippen molar-refractivity contribution in [1.82, 2.24) is 15.5 Å². The molecule has 0 saturated carbocycles. The second-order valence-corrected chi connectivity index (χ2v) is 7.25. The van der Waals surface area contributed by atoms with Crippen molar-refractivity contribution >= 4 is 23.6 Å². The smallest absolute Gasteiger partial charge is 0.262 e. The molecule has 2 aromatic rings. The van der Waals surface area contributed by atoms with Gasteiger partial charge in [-0.25, -0.2) is 0 Å². The van der Waals surface area contributed by atoms with Gasteiger partial charge in [0.2, 0.25) is 11.8 Å². The molecule has 1 aliphatic heterocycles. The van der Waals surface area contributed by atoms with E-state index < -0.39 is 29.8 Å². The molecule has 1 heterocycles. The van der Waals surface area contributed by atoms with E-state index in [1.54, 1.807) is 31.2 Å². The van der Waals surface area contributed by atoms with Crippen LogP contribution in [-0.2, 0) is 16.0 Å². The van der Waals surface area contributed by atoms with Crippen molar-refractivity contribution < 1.29 is 19.2 Å². The van der Waals surface area contributed by atoms with E-state index in [2.05, 4.69) is 10.6 Å². The molecule has 0 bridgehead atoms. The molecule has 156 valence electrons. The van der Waals surface area contributed by atoms with Crippen LogP contribution in [0.15, 0.2) is 54.6 Å². The third-order valence-electron chi connectivity index (χ3n) is 5.01. The fourth-order valence-electron chi connectivity index (χ4n) is 3.41. The highest BCUT2D eigenvalue weighted by Gasteiger charge is 2.43. The van der Waals surface area contributed by atoms with Gasteiger partial charge < -0.3 is 10.6 Å². The Morgan fingerprint density at radius 1 is 0.900 bits per heavy atom. The third kappa shape index (κ3) is 4.40. The van der Waals surface area contributed by atoms with Gasteiger partial charge in [0.05, 0.1) is 11.1 Å².